The van der Waals surface area contributed by atoms with E-state index in [4.69, 9.17) is 4.74 Å². The van der Waals surface area contributed by atoms with Gasteiger partial charge in [-0.1, -0.05) is 26.2 Å². The molecule has 0 radical (unpaired) electrons. The van der Waals surface area contributed by atoms with Crippen molar-refractivity contribution in [3.8, 4) is 0 Å². The van der Waals surface area contributed by atoms with E-state index in [1.54, 1.807) is 5.32 Å². The maximum absolute atomic E-state index is 12.0. The van der Waals surface area contributed by atoms with Gasteiger partial charge in [-0.05, 0) is 25.7 Å². The lowest BCUT2D eigenvalue weighted by atomic mass is 10.1. The van der Waals surface area contributed by atoms with E-state index in [9.17, 15) is 27.6 Å². The highest BCUT2D eigenvalue weighted by molar-refractivity contribution is 6.57. The highest BCUT2D eigenvalue weighted by Gasteiger charge is 2.38. The normalized spacial score (nSPS) is 12.3. The molecule has 0 aromatic carbocycles. The van der Waals surface area contributed by atoms with Crippen molar-refractivity contribution in [3.63, 3.8) is 0 Å². The van der Waals surface area contributed by atoms with Gasteiger partial charge in [0.15, 0.2) is 5.81 Å². The van der Waals surface area contributed by atoms with Gasteiger partial charge in [-0.15, -0.1) is 0 Å². The first kappa shape index (κ1) is 23.3. The largest absolute Gasteiger partial charge is 0.471 e. The molecule has 2 amide bonds. The number of esters is 1. The Morgan fingerprint density at radius 2 is 1.76 bits per heavy atom. The van der Waals surface area contributed by atoms with Crippen LogP contribution in [0.4, 0.5) is 18.0 Å². The van der Waals surface area contributed by atoms with Crippen LogP contribution in [0.25, 0.3) is 0 Å². The summed E-state index contributed by atoms with van der Waals surface area (Å²) < 4.78 is 41.2. The van der Waals surface area contributed by atoms with Crippen LogP contribution in [0.1, 0.15) is 51.9 Å². The number of unbranched alkanes of at least 4 members (excludes halogenated alkanes) is 4. The van der Waals surface area contributed by atoms with Crippen molar-refractivity contribution in [1.82, 2.24) is 10.6 Å². The van der Waals surface area contributed by atoms with Crippen LogP contribution in [0.2, 0.25) is 0 Å². The minimum atomic E-state index is -4.90. The van der Waals surface area contributed by atoms with Crippen molar-refractivity contribution < 1.29 is 32.3 Å². The lowest BCUT2D eigenvalue weighted by Gasteiger charge is -2.17. The van der Waals surface area contributed by atoms with Crippen molar-refractivity contribution in [2.24, 2.45) is 0 Å². The summed E-state index contributed by atoms with van der Waals surface area (Å²) in [5.74, 6) is -2.93. The second kappa shape index (κ2) is 12.6. The first-order valence-corrected chi connectivity index (χ1v) is 8.47. The average Bonchev–Trinajstić information content (AvgIpc) is 2.51. The molecular formula is C15H26BF3N2O4. The minimum absolute atomic E-state index is 0.156. The zero-order chi connectivity index (χ0) is 19.3. The predicted octanol–water partition coefficient (Wildman–Crippen LogP) is 1.67. The standard InChI is InChI=1S/C15H26BF3N2O4/c1-2-3-4-7-10-25-12(22)11(21-14(16)24)8-5-6-9-20-13(23)15(17,18)19/h11H,2-10,16H2,1H3,(H,20,23)(H,21,24)/t11-/m0/s1. The molecular weight excluding hydrogens is 340 g/mol. The number of rotatable bonds is 12. The van der Waals surface area contributed by atoms with E-state index in [1.165, 1.54) is 7.85 Å². The third kappa shape index (κ3) is 12.3. The van der Waals surface area contributed by atoms with Gasteiger partial charge in [0.1, 0.15) is 6.04 Å². The number of halogens is 3. The van der Waals surface area contributed by atoms with Gasteiger partial charge in [-0.3, -0.25) is 9.59 Å². The molecule has 10 heteroatoms. The van der Waals surface area contributed by atoms with Gasteiger partial charge in [0, 0.05) is 6.54 Å². The molecule has 0 aliphatic heterocycles. The molecule has 6 nitrogen and oxygen atoms in total. The predicted molar refractivity (Wildman–Crippen MR) is 88.9 cm³/mol. The highest BCUT2D eigenvalue weighted by atomic mass is 19.4. The number of carbonyl (C=O) groups excluding carboxylic acids is 3. The van der Waals surface area contributed by atoms with E-state index in [0.29, 0.717) is 6.42 Å². The molecule has 0 bridgehead atoms. The quantitative estimate of drug-likeness (QED) is 0.313. The third-order valence-corrected chi connectivity index (χ3v) is 3.37. The summed E-state index contributed by atoms with van der Waals surface area (Å²) in [6.07, 6.45) is -0.252. The summed E-state index contributed by atoms with van der Waals surface area (Å²) in [6.45, 7) is 2.18. The SMILES string of the molecule is BC(=O)N[C@@H](CCCCNC(=O)C(F)(F)F)C(=O)OCCCCCC. The molecule has 0 aliphatic rings. The maximum atomic E-state index is 12.0. The Hall–Kier alpha value is -1.74. The van der Waals surface area contributed by atoms with E-state index >= 15 is 0 Å². The number of alkyl halides is 3. The van der Waals surface area contributed by atoms with Crippen LogP contribution in [0.15, 0.2) is 0 Å². The molecule has 144 valence electrons. The number of ether oxygens (including phenoxy) is 1. The fourth-order valence-electron chi connectivity index (χ4n) is 2.07. The van der Waals surface area contributed by atoms with Gasteiger partial charge in [0.25, 0.3) is 0 Å². The fourth-order valence-corrected chi connectivity index (χ4v) is 2.07. The molecule has 0 aromatic rings. The molecule has 0 rings (SSSR count). The monoisotopic (exact) mass is 366 g/mol. The Labute approximate surface area is 146 Å². The summed E-state index contributed by atoms with van der Waals surface area (Å²) in [5.41, 5.74) is 0. The average molecular weight is 366 g/mol. The van der Waals surface area contributed by atoms with Gasteiger partial charge in [-0.25, -0.2) is 4.79 Å². The molecule has 0 fully saturated rings. The van der Waals surface area contributed by atoms with Crippen LogP contribution >= 0.6 is 0 Å². The topological polar surface area (TPSA) is 84.5 Å². The van der Waals surface area contributed by atoms with Crippen LogP contribution in [0, 0.1) is 0 Å². The summed E-state index contributed by atoms with van der Waals surface area (Å²) in [5, 5.41) is 4.23. The molecule has 1 atom stereocenters. The molecule has 2 N–H and O–H groups in total. The van der Waals surface area contributed by atoms with Crippen molar-refractivity contribution in [2.75, 3.05) is 13.2 Å². The Bertz CT molecular complexity index is 433. The number of hydrogen-bond donors (Lipinski definition) is 2. The zero-order valence-electron chi connectivity index (χ0n) is 14.7. The minimum Gasteiger partial charge on any atom is -0.464 e. The molecule has 0 saturated heterocycles. The van der Waals surface area contributed by atoms with Gasteiger partial charge in [-0.2, -0.15) is 13.2 Å². The number of carbonyl (C=O) groups is 3. The second-order valence-corrected chi connectivity index (χ2v) is 5.73. The second-order valence-electron chi connectivity index (χ2n) is 5.73. The first-order valence-electron chi connectivity index (χ1n) is 8.47. The molecule has 0 spiro atoms. The molecule has 0 heterocycles. The highest BCUT2D eigenvalue weighted by Crippen LogP contribution is 2.14. The van der Waals surface area contributed by atoms with E-state index in [1.807, 2.05) is 0 Å². The van der Waals surface area contributed by atoms with Crippen molar-refractivity contribution >= 4 is 25.5 Å². The Kier molecular flexibility index (Phi) is 11.7. The van der Waals surface area contributed by atoms with E-state index in [0.717, 1.165) is 25.7 Å². The van der Waals surface area contributed by atoms with Crippen LogP contribution in [-0.4, -0.2) is 50.9 Å². The number of nitrogens with one attached hydrogen (secondary N) is 2. The molecule has 0 saturated carbocycles. The Balaban J connectivity index is 4.11. The molecule has 25 heavy (non-hydrogen) atoms. The Morgan fingerprint density at radius 3 is 2.32 bits per heavy atom. The van der Waals surface area contributed by atoms with Gasteiger partial charge in [0.05, 0.1) is 6.61 Å². The maximum Gasteiger partial charge on any atom is 0.471 e. The van der Waals surface area contributed by atoms with Crippen LogP contribution in [0.3, 0.4) is 0 Å². The summed E-state index contributed by atoms with van der Waals surface area (Å²) in [6, 6.07) is -0.831. The molecule has 0 unspecified atom stereocenters. The summed E-state index contributed by atoms with van der Waals surface area (Å²) >= 11 is 0. The van der Waals surface area contributed by atoms with Gasteiger partial charge >= 0.3 is 18.1 Å². The lowest BCUT2D eigenvalue weighted by molar-refractivity contribution is -0.173. The van der Waals surface area contributed by atoms with Crippen LogP contribution in [-0.2, 0) is 14.3 Å². The molecule has 0 aromatic heterocycles. The fraction of sp³-hybridized carbons (Fsp3) is 0.800. The Morgan fingerprint density at radius 1 is 1.08 bits per heavy atom. The number of hydrogen-bond acceptors (Lipinski definition) is 4. The van der Waals surface area contributed by atoms with Gasteiger partial charge in [0.2, 0.25) is 7.85 Å². The van der Waals surface area contributed by atoms with Crippen molar-refractivity contribution in [2.45, 2.75) is 64.1 Å². The van der Waals surface area contributed by atoms with Crippen LogP contribution < -0.4 is 10.6 Å². The van der Waals surface area contributed by atoms with Crippen LogP contribution in [0.5, 0.6) is 0 Å². The van der Waals surface area contributed by atoms with Crippen molar-refractivity contribution in [3.05, 3.63) is 0 Å². The third-order valence-electron chi connectivity index (χ3n) is 3.37. The number of amides is 2. The lowest BCUT2D eigenvalue weighted by Crippen LogP contribution is -2.41. The van der Waals surface area contributed by atoms with E-state index < -0.39 is 29.9 Å². The van der Waals surface area contributed by atoms with E-state index in [-0.39, 0.29) is 26.0 Å². The van der Waals surface area contributed by atoms with Crippen molar-refractivity contribution in [1.29, 1.82) is 0 Å². The van der Waals surface area contributed by atoms with E-state index in [2.05, 4.69) is 12.2 Å². The van der Waals surface area contributed by atoms with Gasteiger partial charge < -0.3 is 15.4 Å². The smallest absolute Gasteiger partial charge is 0.464 e. The molecule has 0 aliphatic carbocycles. The summed E-state index contributed by atoms with van der Waals surface area (Å²) in [4.78, 5) is 33.8. The summed E-state index contributed by atoms with van der Waals surface area (Å²) in [7, 11) is 1.27. The zero-order valence-corrected chi connectivity index (χ0v) is 14.7. The first-order chi connectivity index (χ1) is 11.7.